The first kappa shape index (κ1) is 24.6. The highest BCUT2D eigenvalue weighted by atomic mass is 16.1. The van der Waals surface area contributed by atoms with Crippen molar-refractivity contribution in [3.63, 3.8) is 0 Å². The maximum absolute atomic E-state index is 14.1. The summed E-state index contributed by atoms with van der Waals surface area (Å²) in [4.78, 5) is 24.0. The summed E-state index contributed by atoms with van der Waals surface area (Å²) in [5, 5.41) is 0. The Morgan fingerprint density at radius 2 is 1.42 bits per heavy atom. The molecule has 1 aromatic heterocycles. The summed E-state index contributed by atoms with van der Waals surface area (Å²) in [6, 6.07) is 29.4. The Morgan fingerprint density at radius 1 is 0.789 bits per heavy atom. The van der Waals surface area contributed by atoms with Crippen LogP contribution in [0.15, 0.2) is 89.7 Å². The lowest BCUT2D eigenvalue weighted by Crippen LogP contribution is -2.40. The Balaban J connectivity index is 1.28. The molecule has 3 heterocycles. The van der Waals surface area contributed by atoms with Crippen molar-refractivity contribution in [2.45, 2.75) is 51.7 Å². The minimum atomic E-state index is -0.208. The molecule has 0 saturated carbocycles. The highest BCUT2D eigenvalue weighted by Crippen LogP contribution is 2.28. The number of piperidine rings is 1. The zero-order valence-electron chi connectivity index (χ0n) is 22.2. The van der Waals surface area contributed by atoms with Crippen LogP contribution in [-0.2, 0) is 19.5 Å². The third-order valence-corrected chi connectivity index (χ3v) is 8.07. The second-order valence-electron chi connectivity index (χ2n) is 10.7. The van der Waals surface area contributed by atoms with E-state index >= 15 is 0 Å². The summed E-state index contributed by atoms with van der Waals surface area (Å²) in [6.45, 7) is 6.68. The summed E-state index contributed by atoms with van der Waals surface area (Å²) in [6.07, 6.45) is 4.72. The first-order chi connectivity index (χ1) is 18.7. The maximum atomic E-state index is 14.1. The number of fused-ring (bicyclic) bond motifs is 1. The highest BCUT2D eigenvalue weighted by Gasteiger charge is 2.27. The molecule has 0 amide bonds. The molecule has 194 valence electrons. The second-order valence-corrected chi connectivity index (χ2v) is 10.7. The molecule has 0 atom stereocenters. The lowest BCUT2D eigenvalue weighted by atomic mass is 9.97. The zero-order chi connectivity index (χ0) is 25.9. The van der Waals surface area contributed by atoms with Gasteiger partial charge >= 0.3 is 0 Å². The van der Waals surface area contributed by atoms with Gasteiger partial charge < -0.3 is 4.90 Å². The standard InChI is InChI=1S/C33H36N4O/c1-25-34-31-19-22-35(23-26-15-17-29(18-16-26)36-20-9-4-10-21-36)24-30(31)33(38)37(25)32(27-11-5-2-6-12-27)28-13-7-3-8-14-28/h2-3,5-8,11-18,32H,4,9-10,19-24H2,1H3. The molecule has 38 heavy (non-hydrogen) atoms. The van der Waals surface area contributed by atoms with E-state index in [1.54, 1.807) is 0 Å². The van der Waals surface area contributed by atoms with Crippen LogP contribution >= 0.6 is 0 Å². The van der Waals surface area contributed by atoms with Gasteiger partial charge in [-0.3, -0.25) is 14.3 Å². The van der Waals surface area contributed by atoms with Gasteiger partial charge in [0.25, 0.3) is 5.56 Å². The predicted molar refractivity (Wildman–Crippen MR) is 154 cm³/mol. The molecule has 0 unspecified atom stereocenters. The molecular weight excluding hydrogens is 468 g/mol. The molecule has 2 aliphatic rings. The summed E-state index contributed by atoms with van der Waals surface area (Å²) < 4.78 is 1.90. The number of benzene rings is 3. The van der Waals surface area contributed by atoms with Crippen molar-refractivity contribution in [3.05, 3.63) is 129 Å². The Morgan fingerprint density at radius 3 is 2.05 bits per heavy atom. The number of rotatable bonds is 6. The van der Waals surface area contributed by atoms with Crippen molar-refractivity contribution in [1.29, 1.82) is 0 Å². The minimum absolute atomic E-state index is 0.0790. The number of hydrogen-bond acceptors (Lipinski definition) is 4. The van der Waals surface area contributed by atoms with Crippen LogP contribution in [0, 0.1) is 6.92 Å². The molecule has 0 radical (unpaired) electrons. The molecule has 5 heteroatoms. The molecular formula is C33H36N4O. The quantitative estimate of drug-likeness (QED) is 0.336. The van der Waals surface area contributed by atoms with E-state index in [0.29, 0.717) is 6.54 Å². The average Bonchev–Trinajstić information content (AvgIpc) is 2.97. The number of anilines is 1. The van der Waals surface area contributed by atoms with E-state index in [1.165, 1.54) is 30.5 Å². The van der Waals surface area contributed by atoms with E-state index in [2.05, 4.69) is 58.3 Å². The number of hydrogen-bond donors (Lipinski definition) is 0. The van der Waals surface area contributed by atoms with Gasteiger partial charge in [-0.2, -0.15) is 0 Å². The predicted octanol–water partition coefficient (Wildman–Crippen LogP) is 5.74. The van der Waals surface area contributed by atoms with Crippen LogP contribution in [-0.4, -0.2) is 34.1 Å². The monoisotopic (exact) mass is 504 g/mol. The fourth-order valence-electron chi connectivity index (χ4n) is 6.09. The normalized spacial score (nSPS) is 16.0. The highest BCUT2D eigenvalue weighted by molar-refractivity contribution is 5.48. The molecule has 0 spiro atoms. The van der Waals surface area contributed by atoms with E-state index in [4.69, 9.17) is 4.98 Å². The van der Waals surface area contributed by atoms with Gasteiger partial charge in [0.05, 0.1) is 17.3 Å². The Bertz CT molecular complexity index is 1380. The van der Waals surface area contributed by atoms with Crippen molar-refractivity contribution >= 4 is 5.69 Å². The number of aryl methyl sites for hydroxylation is 1. The first-order valence-electron chi connectivity index (χ1n) is 13.9. The fourth-order valence-corrected chi connectivity index (χ4v) is 6.09. The molecule has 0 bridgehead atoms. The van der Waals surface area contributed by atoms with Crippen LogP contribution in [0.5, 0.6) is 0 Å². The van der Waals surface area contributed by atoms with E-state index < -0.39 is 0 Å². The van der Waals surface area contributed by atoms with E-state index in [1.807, 2.05) is 47.9 Å². The lowest BCUT2D eigenvalue weighted by molar-refractivity contribution is 0.240. The third kappa shape index (κ3) is 5.03. The number of aromatic nitrogens is 2. The molecule has 1 saturated heterocycles. The second kappa shape index (κ2) is 11.0. The molecule has 0 aliphatic carbocycles. The van der Waals surface area contributed by atoms with E-state index in [9.17, 15) is 4.79 Å². The van der Waals surface area contributed by atoms with Crippen LogP contribution in [0.4, 0.5) is 5.69 Å². The molecule has 0 N–H and O–H groups in total. The number of nitrogens with zero attached hydrogens (tertiary/aromatic N) is 4. The molecule has 5 nitrogen and oxygen atoms in total. The third-order valence-electron chi connectivity index (χ3n) is 8.07. The van der Waals surface area contributed by atoms with Crippen molar-refractivity contribution in [2.75, 3.05) is 24.5 Å². The first-order valence-corrected chi connectivity index (χ1v) is 13.9. The van der Waals surface area contributed by atoms with Crippen molar-refractivity contribution < 1.29 is 0 Å². The fraction of sp³-hybridized carbons (Fsp3) is 0.333. The Labute approximate surface area is 225 Å². The largest absolute Gasteiger partial charge is 0.372 e. The van der Waals surface area contributed by atoms with Crippen LogP contribution in [0.3, 0.4) is 0 Å². The van der Waals surface area contributed by atoms with Gasteiger partial charge in [-0.1, -0.05) is 72.8 Å². The Hall–Kier alpha value is -3.70. The van der Waals surface area contributed by atoms with Gasteiger partial charge in [0.1, 0.15) is 5.82 Å². The van der Waals surface area contributed by atoms with Crippen LogP contribution in [0.1, 0.15) is 59.1 Å². The molecule has 1 fully saturated rings. The van der Waals surface area contributed by atoms with Crippen molar-refractivity contribution in [1.82, 2.24) is 14.5 Å². The topological polar surface area (TPSA) is 41.4 Å². The summed E-state index contributed by atoms with van der Waals surface area (Å²) in [7, 11) is 0. The maximum Gasteiger partial charge on any atom is 0.259 e. The van der Waals surface area contributed by atoms with Gasteiger partial charge in [0.2, 0.25) is 0 Å². The molecule has 6 rings (SSSR count). The summed E-state index contributed by atoms with van der Waals surface area (Å²) in [5.74, 6) is 0.771. The molecule has 4 aromatic rings. The van der Waals surface area contributed by atoms with Gasteiger partial charge in [-0.25, -0.2) is 4.98 Å². The average molecular weight is 505 g/mol. The van der Waals surface area contributed by atoms with Crippen molar-refractivity contribution in [3.8, 4) is 0 Å². The van der Waals surface area contributed by atoms with Crippen LogP contribution in [0.2, 0.25) is 0 Å². The van der Waals surface area contributed by atoms with Gasteiger partial charge in [-0.05, 0) is 55.0 Å². The summed E-state index contributed by atoms with van der Waals surface area (Å²) in [5.41, 5.74) is 6.67. The van der Waals surface area contributed by atoms with E-state index in [0.717, 1.165) is 60.8 Å². The Kier molecular flexibility index (Phi) is 7.10. The lowest BCUT2D eigenvalue weighted by Gasteiger charge is -2.31. The smallest absolute Gasteiger partial charge is 0.259 e. The molecule has 3 aromatic carbocycles. The molecule has 2 aliphatic heterocycles. The van der Waals surface area contributed by atoms with Gasteiger partial charge in [-0.15, -0.1) is 0 Å². The SMILES string of the molecule is Cc1nc2c(c(=O)n1C(c1ccccc1)c1ccccc1)CN(Cc1ccc(N3CCCCC3)cc1)CC2. The van der Waals surface area contributed by atoms with E-state index in [-0.39, 0.29) is 11.6 Å². The summed E-state index contributed by atoms with van der Waals surface area (Å²) >= 11 is 0. The van der Waals surface area contributed by atoms with Crippen LogP contribution < -0.4 is 10.5 Å². The van der Waals surface area contributed by atoms with Gasteiger partial charge in [0.15, 0.2) is 0 Å². The van der Waals surface area contributed by atoms with Gasteiger partial charge in [0, 0.05) is 44.8 Å². The zero-order valence-corrected chi connectivity index (χ0v) is 22.2. The van der Waals surface area contributed by atoms with Crippen molar-refractivity contribution in [2.24, 2.45) is 0 Å². The van der Waals surface area contributed by atoms with Crippen LogP contribution in [0.25, 0.3) is 0 Å². The minimum Gasteiger partial charge on any atom is -0.372 e.